The molecular formula is C83H148N2O20P2. The van der Waals surface area contributed by atoms with E-state index in [0.717, 1.165) is 161 Å². The monoisotopic (exact) mass is 1560 g/mol. The quantitative estimate of drug-likeness (QED) is 0.0189. The van der Waals surface area contributed by atoms with Crippen molar-refractivity contribution in [2.24, 2.45) is 0 Å². The van der Waals surface area contributed by atoms with E-state index in [0.29, 0.717) is 25.7 Å². The van der Waals surface area contributed by atoms with Crippen LogP contribution < -0.4 is 10.6 Å². The van der Waals surface area contributed by atoms with Gasteiger partial charge in [-0.3, -0.25) is 46.3 Å². The van der Waals surface area contributed by atoms with Crippen molar-refractivity contribution in [3.63, 3.8) is 0 Å². The Labute approximate surface area is 647 Å². The zero-order chi connectivity index (χ0) is 78.3. The molecule has 0 bridgehead atoms. The minimum absolute atomic E-state index is 0.0582. The van der Waals surface area contributed by atoms with Crippen molar-refractivity contribution in [2.45, 2.75) is 365 Å². The molecule has 2 saturated heterocycles. The van der Waals surface area contributed by atoms with E-state index in [9.17, 15) is 28.3 Å². The van der Waals surface area contributed by atoms with Crippen molar-refractivity contribution < 1.29 is 93.3 Å². The third-order valence-corrected chi connectivity index (χ3v) is 21.8. The molecule has 0 aliphatic carbocycles. The first-order valence-electron chi connectivity index (χ1n) is 41.4. The summed E-state index contributed by atoms with van der Waals surface area (Å²) in [6, 6.07) is -2.73. The fourth-order valence-corrected chi connectivity index (χ4v) is 15.5. The molecule has 22 nitrogen and oxygen atoms in total. The van der Waals surface area contributed by atoms with Crippen LogP contribution in [-0.4, -0.2) is 158 Å². The van der Waals surface area contributed by atoms with Crippen molar-refractivity contribution in [3.8, 4) is 0 Å². The number of hydrogen-bond donors (Lipinski definition) is 2. The highest BCUT2D eigenvalue weighted by Crippen LogP contribution is 2.54. The van der Waals surface area contributed by atoms with Gasteiger partial charge < -0.3 is 48.5 Å². The predicted molar refractivity (Wildman–Crippen MR) is 426 cm³/mol. The molecule has 2 aliphatic rings. The van der Waals surface area contributed by atoms with Crippen LogP contribution in [-0.2, 0) is 93.3 Å². The summed E-state index contributed by atoms with van der Waals surface area (Å²) < 4.78 is 119. The van der Waals surface area contributed by atoms with Crippen LogP contribution in [0.4, 0.5) is 0 Å². The maximum atomic E-state index is 14.9. The summed E-state index contributed by atoms with van der Waals surface area (Å²) in [5.41, 5.74) is 0. The Bertz CT molecular complexity index is 2420. The summed E-state index contributed by atoms with van der Waals surface area (Å²) >= 11 is 0. The van der Waals surface area contributed by atoms with Gasteiger partial charge in [-0.05, 0) is 64.2 Å². The van der Waals surface area contributed by atoms with Gasteiger partial charge in [0.15, 0.2) is 18.7 Å². The van der Waals surface area contributed by atoms with Gasteiger partial charge in [0.1, 0.15) is 48.4 Å². The van der Waals surface area contributed by atoms with Gasteiger partial charge in [-0.2, -0.15) is 0 Å². The fraction of sp³-hybridized carbons (Fsp3) is 0.807. The number of ketones is 1. The van der Waals surface area contributed by atoms with Gasteiger partial charge in [0.25, 0.3) is 0 Å². The first kappa shape index (κ1) is 99.5. The minimum atomic E-state index is -4.71. The lowest BCUT2D eigenvalue weighted by Gasteiger charge is -2.48. The van der Waals surface area contributed by atoms with Gasteiger partial charge in [0, 0.05) is 46.7 Å². The molecule has 2 aliphatic heterocycles. The first-order valence-corrected chi connectivity index (χ1v) is 44.3. The van der Waals surface area contributed by atoms with Crippen LogP contribution in [0.1, 0.15) is 297 Å². The number of nitrogens with one attached hydrogen (secondary N) is 2. The Kier molecular flexibility index (Phi) is 61.4. The number of phosphoric acid groups is 2. The molecule has 620 valence electrons. The van der Waals surface area contributed by atoms with E-state index in [2.05, 4.69) is 83.4 Å². The lowest BCUT2D eigenvalue weighted by Crippen LogP contribution is -2.68. The van der Waals surface area contributed by atoms with E-state index in [1.807, 2.05) is 0 Å². The highest BCUT2D eigenvalue weighted by Gasteiger charge is 2.55. The highest BCUT2D eigenvalue weighted by molar-refractivity contribution is 7.48. The SMILES string of the molecule is C=CCCC(=O)O[C@@H]1C(COC2OC(COC)[C@@H](OP(=O)(OCC=C)OCC=C)C(OCCC(CCCCCCC)OC)[C@H]2NC(=O)CCCCCCCCC/C=C\CCCCCC)O[C@H](OP(=O)(OCC=C)OCC=C)[C@H](NC(=O)CC(=O)CCCCCCCCCCC)C1OCCCCCCCCCC. The normalized spacial score (nSPS) is 20.7. The molecule has 2 fully saturated rings. The molecule has 2 rings (SSSR count). The predicted octanol–water partition coefficient (Wildman–Crippen LogP) is 20.0. The van der Waals surface area contributed by atoms with Crippen LogP contribution in [0.2, 0.25) is 0 Å². The number of hydrogen-bond acceptors (Lipinski definition) is 20. The Morgan fingerprint density at radius 3 is 1.36 bits per heavy atom. The van der Waals surface area contributed by atoms with Crippen LogP contribution in [0.25, 0.3) is 0 Å². The van der Waals surface area contributed by atoms with Crippen molar-refractivity contribution in [1.82, 2.24) is 10.6 Å². The number of Topliss-reactive ketones (excluding diaryl/α,β-unsaturated/α-hetero) is 1. The third-order valence-electron chi connectivity index (χ3n) is 19.0. The number of carbonyl (C=O) groups excluding carboxylic acids is 4. The van der Waals surface area contributed by atoms with E-state index in [1.54, 1.807) is 13.2 Å². The molecular weight excluding hydrogens is 1410 g/mol. The van der Waals surface area contributed by atoms with Crippen molar-refractivity contribution in [2.75, 3.05) is 67.1 Å². The van der Waals surface area contributed by atoms with Crippen molar-refractivity contribution in [1.29, 1.82) is 0 Å². The molecule has 2 N–H and O–H groups in total. The topological polar surface area (TPSA) is 256 Å². The standard InChI is InChI=1S/C83H148N2O20P2/c1-12-21-26-30-33-36-37-38-39-40-41-43-45-49-53-57-73(87)84-76-81(95-65-59-70(93-11)56-52-47-29-24-15-4)79(104-106(90,97-60-17-6)98-61-18-7)71(67-92-10)101-82(76)96-68-72-78(103-75(89)58-25-16-5)80(94-64-54-50-46-35-32-28-23-14-3)77(83(102-72)105-107(91,99-62-19-8)100-63-20-9)85-74(88)66-69(86)55-51-48-44-42-34-31-27-22-13-2/h16-20,36-37,70-72,76-83H,5-9,12-15,21-35,38-68H2,1-4,10-11H3,(H,84,87)(H,85,88)/b37-36-/t70?,71?,72?,76-,77-,78-,79-,80?,81?,82?,83-/m1/s1. The number of unbranched alkanes of at least 4 members (excludes halogenated alkanes) is 30. The molecule has 0 aromatic rings. The van der Waals surface area contributed by atoms with Crippen LogP contribution in [0.5, 0.6) is 0 Å². The smallest absolute Gasteiger partial charge is 0.457 e. The summed E-state index contributed by atoms with van der Waals surface area (Å²) in [5.74, 6) is -2.05. The Balaban J connectivity index is 2.92. The molecule has 2 amide bonds. The molecule has 2 heterocycles. The van der Waals surface area contributed by atoms with Gasteiger partial charge in [0.2, 0.25) is 11.8 Å². The van der Waals surface area contributed by atoms with Crippen LogP contribution in [0.15, 0.2) is 75.4 Å². The number of esters is 1. The average molecular weight is 1560 g/mol. The Morgan fingerprint density at radius 1 is 0.421 bits per heavy atom. The van der Waals surface area contributed by atoms with Gasteiger partial charge in [-0.15, -0.1) is 32.9 Å². The summed E-state index contributed by atoms with van der Waals surface area (Å²) in [5, 5.41) is 6.13. The summed E-state index contributed by atoms with van der Waals surface area (Å²) in [6.45, 7) is 25.9. The van der Waals surface area contributed by atoms with E-state index in [-0.39, 0.29) is 89.7 Å². The second-order valence-electron chi connectivity index (χ2n) is 28.4. The van der Waals surface area contributed by atoms with E-state index in [4.69, 9.17) is 65.0 Å². The van der Waals surface area contributed by atoms with Crippen molar-refractivity contribution >= 4 is 39.2 Å². The third kappa shape index (κ3) is 46.9. The molecule has 11 atom stereocenters. The zero-order valence-corrected chi connectivity index (χ0v) is 69.1. The Hall–Kier alpha value is -3.54. The maximum Gasteiger partial charge on any atom is 0.477 e. The fourth-order valence-electron chi connectivity index (χ4n) is 13.0. The number of rotatable bonds is 75. The van der Waals surface area contributed by atoms with Gasteiger partial charge in [-0.1, -0.05) is 250 Å². The second-order valence-corrected chi connectivity index (χ2v) is 31.6. The van der Waals surface area contributed by atoms with Crippen LogP contribution in [0.3, 0.4) is 0 Å². The first-order chi connectivity index (χ1) is 52.1. The number of carbonyl (C=O) groups is 4. The highest BCUT2D eigenvalue weighted by atomic mass is 31.2. The Morgan fingerprint density at radius 2 is 0.850 bits per heavy atom. The number of methoxy groups -OCH3 is 2. The molecule has 0 aromatic heterocycles. The minimum Gasteiger partial charge on any atom is -0.457 e. The van der Waals surface area contributed by atoms with Crippen molar-refractivity contribution in [3.05, 3.63) is 75.4 Å². The van der Waals surface area contributed by atoms with E-state index >= 15 is 0 Å². The number of allylic oxidation sites excluding steroid dienone is 3. The molecule has 0 radical (unpaired) electrons. The molecule has 0 aromatic carbocycles. The molecule has 0 saturated carbocycles. The van der Waals surface area contributed by atoms with Crippen LogP contribution in [0, 0.1) is 0 Å². The van der Waals surface area contributed by atoms with Gasteiger partial charge in [-0.25, -0.2) is 9.13 Å². The van der Waals surface area contributed by atoms with Crippen LogP contribution >= 0.6 is 15.6 Å². The summed E-state index contributed by atoms with van der Waals surface area (Å²) in [7, 11) is -6.14. The maximum absolute atomic E-state index is 14.9. The molecule has 24 heteroatoms. The van der Waals surface area contributed by atoms with Gasteiger partial charge >= 0.3 is 21.6 Å². The lowest BCUT2D eigenvalue weighted by atomic mass is 9.95. The number of phosphoric ester groups is 2. The van der Waals surface area contributed by atoms with Gasteiger partial charge in [0.05, 0.1) is 52.2 Å². The lowest BCUT2D eigenvalue weighted by molar-refractivity contribution is -0.302. The summed E-state index contributed by atoms with van der Waals surface area (Å²) in [4.78, 5) is 57.3. The largest absolute Gasteiger partial charge is 0.477 e. The number of ether oxygens (including phenoxy) is 8. The molecule has 6 unspecified atom stereocenters. The van der Waals surface area contributed by atoms with E-state index in [1.165, 1.54) is 82.8 Å². The molecule has 0 spiro atoms. The number of amides is 2. The van der Waals surface area contributed by atoms with E-state index < -0.39 is 102 Å². The molecule has 107 heavy (non-hydrogen) atoms. The zero-order valence-electron chi connectivity index (χ0n) is 67.3. The average Bonchev–Trinajstić information content (AvgIpc) is 0.778. The summed E-state index contributed by atoms with van der Waals surface area (Å²) in [6.07, 6.45) is 37.8. The second kappa shape index (κ2) is 66.0.